The molecule has 7 nitrogen and oxygen atoms in total. The molecule has 0 saturated heterocycles. The number of nitrogens with one attached hydrogen (secondary N) is 3. The molecule has 0 aliphatic heterocycles. The van der Waals surface area contributed by atoms with Crippen LogP contribution in [0.4, 0.5) is 0 Å². The van der Waals surface area contributed by atoms with Crippen molar-refractivity contribution < 1.29 is 19.1 Å². The molecule has 1 unspecified atom stereocenters. The average Bonchev–Trinajstić information content (AvgIpc) is 2.73. The van der Waals surface area contributed by atoms with Crippen molar-refractivity contribution in [1.29, 1.82) is 0 Å². The van der Waals surface area contributed by atoms with Crippen LogP contribution in [-0.2, 0) is 4.79 Å². The molecule has 3 N–H and O–H groups in total. The number of hydrogen-bond donors (Lipinski definition) is 3. The molecule has 2 rings (SSSR count). The number of rotatable bonds is 7. The van der Waals surface area contributed by atoms with Crippen LogP contribution in [0.15, 0.2) is 42.5 Å². The molecule has 0 aliphatic rings. The van der Waals surface area contributed by atoms with E-state index in [1.165, 1.54) is 0 Å². The summed E-state index contributed by atoms with van der Waals surface area (Å²) in [6.07, 6.45) is -0.761. The van der Waals surface area contributed by atoms with E-state index in [0.717, 1.165) is 11.1 Å². The first kappa shape index (κ1) is 24.1. The number of aryl methyl sites for hydroxylation is 2. The third-order valence-electron chi connectivity index (χ3n) is 4.37. The number of benzene rings is 2. The number of carbonyl (C=O) groups is 2. The lowest BCUT2D eigenvalue weighted by Gasteiger charge is -2.17. The van der Waals surface area contributed by atoms with E-state index < -0.39 is 17.9 Å². The molecule has 2 aromatic rings. The van der Waals surface area contributed by atoms with Crippen molar-refractivity contribution in [3.63, 3.8) is 0 Å². The minimum Gasteiger partial charge on any atom is -0.493 e. The van der Waals surface area contributed by atoms with E-state index in [1.54, 1.807) is 31.2 Å². The van der Waals surface area contributed by atoms with E-state index in [-0.39, 0.29) is 5.11 Å². The molecule has 0 saturated carbocycles. The van der Waals surface area contributed by atoms with Crippen LogP contribution >= 0.6 is 12.2 Å². The van der Waals surface area contributed by atoms with Gasteiger partial charge in [-0.05, 0) is 80.4 Å². The van der Waals surface area contributed by atoms with Crippen LogP contribution in [0.2, 0.25) is 0 Å². The Labute approximate surface area is 188 Å². The summed E-state index contributed by atoms with van der Waals surface area (Å²) in [7, 11) is 0. The first-order valence-electron chi connectivity index (χ1n) is 10.0. The molecular weight excluding hydrogens is 414 g/mol. The van der Waals surface area contributed by atoms with Crippen molar-refractivity contribution in [2.45, 2.75) is 40.7 Å². The number of hydrazine groups is 1. The summed E-state index contributed by atoms with van der Waals surface area (Å²) >= 11 is 5.08. The third-order valence-corrected chi connectivity index (χ3v) is 4.57. The maximum atomic E-state index is 12.4. The van der Waals surface area contributed by atoms with Crippen LogP contribution in [0.3, 0.4) is 0 Å². The zero-order chi connectivity index (χ0) is 23.0. The summed E-state index contributed by atoms with van der Waals surface area (Å²) in [4.78, 5) is 24.6. The van der Waals surface area contributed by atoms with Gasteiger partial charge in [0, 0.05) is 5.56 Å². The summed E-state index contributed by atoms with van der Waals surface area (Å²) in [5.41, 5.74) is 7.56. The van der Waals surface area contributed by atoms with E-state index in [9.17, 15) is 9.59 Å². The minimum atomic E-state index is -0.761. The van der Waals surface area contributed by atoms with Crippen LogP contribution in [0.1, 0.15) is 42.3 Å². The highest BCUT2D eigenvalue weighted by Gasteiger charge is 2.16. The topological polar surface area (TPSA) is 88.7 Å². The quantitative estimate of drug-likeness (QED) is 0.449. The summed E-state index contributed by atoms with van der Waals surface area (Å²) in [6, 6.07) is 12.4. The molecular formula is C23H29N3O4S. The molecule has 31 heavy (non-hydrogen) atoms. The number of thiocarbonyl (C=S) groups is 1. The van der Waals surface area contributed by atoms with Gasteiger partial charge in [0.1, 0.15) is 11.5 Å². The second-order valence-electron chi connectivity index (χ2n) is 7.64. The molecule has 0 radical (unpaired) electrons. The van der Waals surface area contributed by atoms with Gasteiger partial charge in [-0.2, -0.15) is 0 Å². The number of ether oxygens (including phenoxy) is 2. The van der Waals surface area contributed by atoms with E-state index in [2.05, 4.69) is 16.2 Å². The highest BCUT2D eigenvalue weighted by atomic mass is 32.1. The van der Waals surface area contributed by atoms with Crippen LogP contribution in [0, 0.1) is 19.8 Å². The van der Waals surface area contributed by atoms with Gasteiger partial charge < -0.3 is 9.47 Å². The minimum absolute atomic E-state index is 0.0368. The fraction of sp³-hybridized carbons (Fsp3) is 0.348. The second kappa shape index (κ2) is 11.3. The Bertz CT molecular complexity index is 946. The zero-order valence-corrected chi connectivity index (χ0v) is 19.3. The molecule has 0 heterocycles. The third kappa shape index (κ3) is 7.90. The molecule has 166 valence electrons. The Kier molecular flexibility index (Phi) is 8.81. The van der Waals surface area contributed by atoms with Crippen LogP contribution in [0.5, 0.6) is 11.5 Å². The molecule has 0 bridgehead atoms. The maximum absolute atomic E-state index is 12.4. The van der Waals surface area contributed by atoms with E-state index in [1.807, 2.05) is 45.9 Å². The fourth-order valence-corrected chi connectivity index (χ4v) is 2.61. The van der Waals surface area contributed by atoms with Gasteiger partial charge in [0.25, 0.3) is 11.8 Å². The fourth-order valence-electron chi connectivity index (χ4n) is 2.46. The Morgan fingerprint density at radius 3 is 2.39 bits per heavy atom. The van der Waals surface area contributed by atoms with Gasteiger partial charge >= 0.3 is 0 Å². The first-order chi connectivity index (χ1) is 14.7. The van der Waals surface area contributed by atoms with Crippen molar-refractivity contribution in [3.05, 3.63) is 59.2 Å². The lowest BCUT2D eigenvalue weighted by molar-refractivity contribution is -0.127. The van der Waals surface area contributed by atoms with Crippen LogP contribution in [0.25, 0.3) is 0 Å². The molecule has 0 aliphatic carbocycles. The number of amides is 2. The highest BCUT2D eigenvalue weighted by Crippen LogP contribution is 2.17. The summed E-state index contributed by atoms with van der Waals surface area (Å²) in [6.45, 7) is 10.2. The van der Waals surface area contributed by atoms with E-state index in [4.69, 9.17) is 21.7 Å². The molecule has 0 spiro atoms. The molecule has 2 amide bonds. The van der Waals surface area contributed by atoms with E-state index in [0.29, 0.717) is 29.6 Å². The summed E-state index contributed by atoms with van der Waals surface area (Å²) in [5.74, 6) is 0.728. The monoisotopic (exact) mass is 443 g/mol. The highest BCUT2D eigenvalue weighted by molar-refractivity contribution is 7.80. The second-order valence-corrected chi connectivity index (χ2v) is 8.04. The SMILES string of the molecule is Cc1ccc(OC(C)C(=O)NNC(=S)NC(=O)c2cccc(OCC(C)C)c2)cc1C. The lowest BCUT2D eigenvalue weighted by Crippen LogP contribution is -2.51. The standard InChI is InChI=1S/C23H29N3O4S/c1-14(2)13-29-19-8-6-7-18(12-19)22(28)24-23(31)26-25-21(27)17(5)30-20-10-9-15(3)16(4)11-20/h6-12,14,17H,13H2,1-5H3,(H,25,27)(H2,24,26,28,31). The largest absolute Gasteiger partial charge is 0.493 e. The van der Waals surface area contributed by atoms with Gasteiger partial charge in [-0.3, -0.25) is 25.8 Å². The van der Waals surface area contributed by atoms with Crippen LogP contribution < -0.4 is 25.6 Å². The Morgan fingerprint density at radius 1 is 0.968 bits per heavy atom. The lowest BCUT2D eigenvalue weighted by atomic mass is 10.1. The van der Waals surface area contributed by atoms with Crippen molar-refractivity contribution in [2.24, 2.45) is 5.92 Å². The predicted octanol–water partition coefficient (Wildman–Crippen LogP) is 3.44. The molecule has 0 fully saturated rings. The molecule has 8 heteroatoms. The Hall–Kier alpha value is -3.13. The predicted molar refractivity (Wildman–Crippen MR) is 124 cm³/mol. The summed E-state index contributed by atoms with van der Waals surface area (Å²) < 4.78 is 11.3. The Balaban J connectivity index is 1.82. The van der Waals surface area contributed by atoms with Gasteiger partial charge in [-0.15, -0.1) is 0 Å². The Morgan fingerprint density at radius 2 is 1.71 bits per heavy atom. The van der Waals surface area contributed by atoms with Gasteiger partial charge in [-0.25, -0.2) is 0 Å². The van der Waals surface area contributed by atoms with Crippen molar-refractivity contribution in [3.8, 4) is 11.5 Å². The van der Waals surface area contributed by atoms with E-state index >= 15 is 0 Å². The number of carbonyl (C=O) groups excluding carboxylic acids is 2. The maximum Gasteiger partial charge on any atom is 0.279 e. The number of hydrogen-bond acceptors (Lipinski definition) is 5. The summed E-state index contributed by atoms with van der Waals surface area (Å²) in [5, 5.41) is 2.48. The van der Waals surface area contributed by atoms with Gasteiger partial charge in [0.2, 0.25) is 0 Å². The average molecular weight is 444 g/mol. The van der Waals surface area contributed by atoms with Crippen molar-refractivity contribution >= 4 is 29.1 Å². The molecule has 2 aromatic carbocycles. The normalized spacial score (nSPS) is 11.4. The molecule has 1 atom stereocenters. The van der Waals surface area contributed by atoms with Crippen molar-refractivity contribution in [1.82, 2.24) is 16.2 Å². The first-order valence-corrected chi connectivity index (χ1v) is 10.4. The van der Waals surface area contributed by atoms with Gasteiger partial charge in [0.05, 0.1) is 6.61 Å². The molecule has 0 aromatic heterocycles. The van der Waals surface area contributed by atoms with Crippen molar-refractivity contribution in [2.75, 3.05) is 6.61 Å². The zero-order valence-electron chi connectivity index (χ0n) is 18.4. The smallest absolute Gasteiger partial charge is 0.279 e. The van der Waals surface area contributed by atoms with Crippen LogP contribution in [-0.4, -0.2) is 29.6 Å². The van der Waals surface area contributed by atoms with Gasteiger partial charge in [-0.1, -0.05) is 26.0 Å². The van der Waals surface area contributed by atoms with Gasteiger partial charge in [0.15, 0.2) is 11.2 Å².